The van der Waals surface area contributed by atoms with Gasteiger partial charge in [0.1, 0.15) is 12.6 Å². The van der Waals surface area contributed by atoms with E-state index in [1.54, 1.807) is 24.3 Å². The zero-order valence-corrected chi connectivity index (χ0v) is 16.0. The lowest BCUT2D eigenvalue weighted by atomic mass is 10.1. The lowest BCUT2D eigenvalue weighted by Crippen LogP contribution is -2.38. The molecule has 0 radical (unpaired) electrons. The molecule has 0 aliphatic rings. The highest BCUT2D eigenvalue weighted by Crippen LogP contribution is 2.28. The average molecular weight is 371 g/mol. The zero-order valence-electron chi connectivity index (χ0n) is 15.2. The minimum Gasteiger partial charge on any atom is -0.323 e. The highest BCUT2D eigenvalue weighted by Gasteiger charge is 2.24. The van der Waals surface area contributed by atoms with E-state index in [-0.39, 0.29) is 6.54 Å². The third-order valence-corrected chi connectivity index (χ3v) is 5.01. The molecule has 0 unspecified atom stereocenters. The topological polar surface area (TPSA) is 90.3 Å². The summed E-state index contributed by atoms with van der Waals surface area (Å²) in [5.74, 6) is -0.516. The molecule has 2 aromatic rings. The van der Waals surface area contributed by atoms with Gasteiger partial charge in [-0.25, -0.2) is 8.42 Å². The van der Waals surface area contributed by atoms with E-state index in [2.05, 4.69) is 5.32 Å². The first-order valence-electron chi connectivity index (χ1n) is 7.98. The standard InChI is InChI=1S/C19H21N3O3S/c1-13-9-14(2)19(15(3)10-13)22(26(4,24)25)12-18(23)21-17-8-6-5-7-16(17)11-20/h5-10H,12H2,1-4H3,(H,21,23). The van der Waals surface area contributed by atoms with Crippen molar-refractivity contribution in [3.8, 4) is 6.07 Å². The fourth-order valence-corrected chi connectivity index (χ4v) is 3.91. The van der Waals surface area contributed by atoms with Crippen LogP contribution in [0.5, 0.6) is 0 Å². The van der Waals surface area contributed by atoms with E-state index in [9.17, 15) is 13.2 Å². The normalized spacial score (nSPS) is 10.9. The van der Waals surface area contributed by atoms with Gasteiger partial charge in [0.15, 0.2) is 0 Å². The van der Waals surface area contributed by atoms with Crippen LogP contribution in [0.2, 0.25) is 0 Å². The lowest BCUT2D eigenvalue weighted by molar-refractivity contribution is -0.114. The molecule has 0 spiro atoms. The van der Waals surface area contributed by atoms with Crippen LogP contribution in [0.15, 0.2) is 36.4 Å². The minimum absolute atomic E-state index is 0.314. The van der Waals surface area contributed by atoms with Crippen molar-refractivity contribution in [2.45, 2.75) is 20.8 Å². The van der Waals surface area contributed by atoms with Crippen LogP contribution in [0.1, 0.15) is 22.3 Å². The summed E-state index contributed by atoms with van der Waals surface area (Å²) in [6.45, 7) is 5.19. The van der Waals surface area contributed by atoms with E-state index in [1.807, 2.05) is 39.0 Å². The third kappa shape index (κ3) is 4.41. The van der Waals surface area contributed by atoms with Crippen molar-refractivity contribution >= 4 is 27.3 Å². The summed E-state index contributed by atoms with van der Waals surface area (Å²) in [4.78, 5) is 12.5. The smallest absolute Gasteiger partial charge is 0.245 e. The number of hydrogen-bond acceptors (Lipinski definition) is 4. The number of hydrogen-bond donors (Lipinski definition) is 1. The van der Waals surface area contributed by atoms with Gasteiger partial charge in [-0.1, -0.05) is 29.8 Å². The third-order valence-electron chi connectivity index (χ3n) is 3.89. The highest BCUT2D eigenvalue weighted by molar-refractivity contribution is 7.92. The molecular weight excluding hydrogens is 350 g/mol. The van der Waals surface area contributed by atoms with E-state index in [0.717, 1.165) is 27.3 Å². The van der Waals surface area contributed by atoms with Crippen LogP contribution < -0.4 is 9.62 Å². The van der Waals surface area contributed by atoms with Gasteiger partial charge in [-0.3, -0.25) is 9.10 Å². The quantitative estimate of drug-likeness (QED) is 0.875. The molecule has 0 aromatic heterocycles. The van der Waals surface area contributed by atoms with Crippen LogP contribution in [0, 0.1) is 32.1 Å². The number of aryl methyl sites for hydroxylation is 3. The fourth-order valence-electron chi connectivity index (χ4n) is 2.94. The summed E-state index contributed by atoms with van der Waals surface area (Å²) < 4.78 is 25.8. The zero-order chi connectivity index (χ0) is 19.5. The molecule has 2 aromatic carbocycles. The molecule has 0 fully saturated rings. The van der Waals surface area contributed by atoms with Crippen molar-refractivity contribution in [3.05, 3.63) is 58.7 Å². The van der Waals surface area contributed by atoms with Gasteiger partial charge >= 0.3 is 0 Å². The maximum Gasteiger partial charge on any atom is 0.245 e. The molecule has 0 saturated heterocycles. The Bertz CT molecular complexity index is 968. The number of nitriles is 1. The van der Waals surface area contributed by atoms with Crippen molar-refractivity contribution in [2.24, 2.45) is 0 Å². The van der Waals surface area contributed by atoms with Gasteiger partial charge < -0.3 is 5.32 Å². The Labute approximate surface area is 154 Å². The summed E-state index contributed by atoms with van der Waals surface area (Å²) in [6, 6.07) is 12.3. The molecule has 0 saturated carbocycles. The van der Waals surface area contributed by atoms with Crippen LogP contribution in [-0.4, -0.2) is 27.1 Å². The Morgan fingerprint density at radius 3 is 2.27 bits per heavy atom. The predicted molar refractivity (Wildman–Crippen MR) is 103 cm³/mol. The summed E-state index contributed by atoms with van der Waals surface area (Å²) >= 11 is 0. The van der Waals surface area contributed by atoms with Gasteiger partial charge in [-0.15, -0.1) is 0 Å². The minimum atomic E-state index is -3.67. The van der Waals surface area contributed by atoms with E-state index in [1.165, 1.54) is 0 Å². The highest BCUT2D eigenvalue weighted by atomic mass is 32.2. The summed E-state index contributed by atoms with van der Waals surface area (Å²) in [7, 11) is -3.67. The Balaban J connectivity index is 2.36. The first kappa shape index (κ1) is 19.5. The Morgan fingerprint density at radius 2 is 1.73 bits per heavy atom. The maximum absolute atomic E-state index is 12.5. The SMILES string of the molecule is Cc1cc(C)c(N(CC(=O)Nc2ccccc2C#N)S(C)(=O)=O)c(C)c1. The van der Waals surface area contributed by atoms with Crippen LogP contribution in [0.4, 0.5) is 11.4 Å². The summed E-state index contributed by atoms with van der Waals surface area (Å²) in [5, 5.41) is 11.7. The monoisotopic (exact) mass is 371 g/mol. The first-order chi connectivity index (χ1) is 12.1. The van der Waals surface area contributed by atoms with E-state index >= 15 is 0 Å². The lowest BCUT2D eigenvalue weighted by Gasteiger charge is -2.26. The largest absolute Gasteiger partial charge is 0.323 e. The van der Waals surface area contributed by atoms with Gasteiger partial charge in [0.25, 0.3) is 0 Å². The van der Waals surface area contributed by atoms with E-state index in [4.69, 9.17) is 5.26 Å². The Morgan fingerprint density at radius 1 is 1.15 bits per heavy atom. The Hall–Kier alpha value is -2.85. The van der Waals surface area contributed by atoms with Crippen LogP contribution >= 0.6 is 0 Å². The van der Waals surface area contributed by atoms with Crippen LogP contribution in [0.25, 0.3) is 0 Å². The number of carbonyl (C=O) groups excluding carboxylic acids is 1. The van der Waals surface area contributed by atoms with Gasteiger partial charge in [0, 0.05) is 0 Å². The van der Waals surface area contributed by atoms with Gasteiger partial charge in [0.05, 0.1) is 23.2 Å². The predicted octanol–water partition coefficient (Wildman–Crippen LogP) is 2.89. The van der Waals surface area contributed by atoms with Crippen molar-refractivity contribution in [3.63, 3.8) is 0 Å². The Kier molecular flexibility index (Phi) is 5.68. The number of carbonyl (C=O) groups is 1. The summed E-state index contributed by atoms with van der Waals surface area (Å²) in [6.07, 6.45) is 1.07. The second-order valence-electron chi connectivity index (χ2n) is 6.22. The second-order valence-corrected chi connectivity index (χ2v) is 8.13. The number of nitrogens with zero attached hydrogens (tertiary/aromatic N) is 2. The maximum atomic E-state index is 12.5. The number of para-hydroxylation sites is 1. The number of amides is 1. The number of benzene rings is 2. The number of rotatable bonds is 5. The molecule has 0 heterocycles. The van der Waals surface area contributed by atoms with E-state index < -0.39 is 15.9 Å². The van der Waals surface area contributed by atoms with E-state index in [0.29, 0.717) is 16.9 Å². The molecule has 0 aliphatic carbocycles. The van der Waals surface area contributed by atoms with Crippen molar-refractivity contribution in [1.29, 1.82) is 5.26 Å². The van der Waals surface area contributed by atoms with Crippen LogP contribution in [0.3, 0.4) is 0 Å². The molecule has 2 rings (SSSR count). The number of nitrogens with one attached hydrogen (secondary N) is 1. The van der Waals surface area contributed by atoms with Crippen molar-refractivity contribution in [1.82, 2.24) is 0 Å². The molecule has 1 amide bonds. The van der Waals surface area contributed by atoms with Crippen LogP contribution in [-0.2, 0) is 14.8 Å². The van der Waals surface area contributed by atoms with Gasteiger partial charge in [-0.05, 0) is 44.0 Å². The van der Waals surface area contributed by atoms with Crippen molar-refractivity contribution in [2.75, 3.05) is 22.4 Å². The molecular formula is C19H21N3O3S. The fraction of sp³-hybridized carbons (Fsp3) is 0.263. The molecule has 6 nitrogen and oxygen atoms in total. The average Bonchev–Trinajstić information content (AvgIpc) is 2.52. The molecule has 7 heteroatoms. The molecule has 0 bridgehead atoms. The van der Waals surface area contributed by atoms with Crippen molar-refractivity contribution < 1.29 is 13.2 Å². The molecule has 1 N–H and O–H groups in total. The molecule has 26 heavy (non-hydrogen) atoms. The van der Waals surface area contributed by atoms with Gasteiger partial charge in [0.2, 0.25) is 15.9 Å². The summed E-state index contributed by atoms with van der Waals surface area (Å²) in [5.41, 5.74) is 3.74. The van der Waals surface area contributed by atoms with Gasteiger partial charge in [-0.2, -0.15) is 5.26 Å². The number of anilines is 2. The second kappa shape index (κ2) is 7.58. The molecule has 0 atom stereocenters. The first-order valence-corrected chi connectivity index (χ1v) is 9.83. The molecule has 136 valence electrons. The molecule has 0 aliphatic heterocycles. The number of sulfonamides is 1.